The van der Waals surface area contributed by atoms with E-state index in [0.29, 0.717) is 0 Å². The Balaban J connectivity index is 3.21. The van der Waals surface area contributed by atoms with Crippen LogP contribution < -0.4 is 0 Å². The van der Waals surface area contributed by atoms with Gasteiger partial charge in [-0.25, -0.2) is 0 Å². The zero-order valence-electron chi connectivity index (χ0n) is 11.8. The van der Waals surface area contributed by atoms with Crippen molar-refractivity contribution in [2.24, 2.45) is 0 Å². The molecule has 1 unspecified atom stereocenters. The number of hydrogen-bond donors (Lipinski definition) is 0. The molecule has 0 aliphatic carbocycles. The Bertz CT molecular complexity index is 151. The monoisotopic (exact) mass is 262 g/mol. The molecule has 0 saturated carbocycles. The van der Waals surface area contributed by atoms with Crippen LogP contribution in [0, 0.1) is 0 Å². The van der Waals surface area contributed by atoms with Gasteiger partial charge >= 0.3 is 0 Å². The Morgan fingerprint density at radius 2 is 1.31 bits per heavy atom. The average Bonchev–Trinajstić information content (AvgIpc) is 2.20. The molecule has 0 heterocycles. The fraction of sp³-hybridized carbons (Fsp3) is 1.00. The van der Waals surface area contributed by atoms with Crippen molar-refractivity contribution in [3.05, 3.63) is 0 Å². The number of unbranched alkanes of at least 4 members (excludes halogenated alkanes) is 7. The molecule has 0 aromatic rings. The van der Waals surface area contributed by atoms with Gasteiger partial charge in [0.2, 0.25) is 0 Å². The van der Waals surface area contributed by atoms with Crippen molar-refractivity contribution in [2.75, 3.05) is 0 Å². The molecule has 0 radical (unpaired) electrons. The highest BCUT2D eigenvalue weighted by atomic mass is 35.6. The topological polar surface area (TPSA) is 0 Å². The van der Waals surface area contributed by atoms with Gasteiger partial charge in [0.05, 0.1) is 0 Å². The van der Waals surface area contributed by atoms with Gasteiger partial charge in [-0.3, -0.25) is 0 Å². The van der Waals surface area contributed by atoms with Crippen molar-refractivity contribution in [2.45, 2.75) is 90.3 Å². The predicted octanol–water partition coefficient (Wildman–Crippen LogP) is 6.35. The molecule has 16 heavy (non-hydrogen) atoms. The summed E-state index contributed by atoms with van der Waals surface area (Å²) in [4.78, 5) is 0. The maximum atomic E-state index is 6.42. The Kier molecular flexibility index (Phi) is 9.83. The summed E-state index contributed by atoms with van der Waals surface area (Å²) in [5.74, 6) is 0. The lowest BCUT2D eigenvalue weighted by Gasteiger charge is -2.21. The molecule has 0 spiro atoms. The molecular weight excluding hydrogens is 232 g/mol. The van der Waals surface area contributed by atoms with Crippen molar-refractivity contribution in [3.8, 4) is 0 Å². The first-order chi connectivity index (χ1) is 7.48. The minimum absolute atomic E-state index is 0.772. The minimum Gasteiger partial charge on any atom is -0.167 e. The molecule has 0 aromatic carbocycles. The van der Waals surface area contributed by atoms with Crippen LogP contribution in [0.5, 0.6) is 0 Å². The molecule has 0 bridgehead atoms. The van der Waals surface area contributed by atoms with Gasteiger partial charge in [0, 0.05) is 0 Å². The second-order valence-corrected chi connectivity index (χ2v) is 12.8. The van der Waals surface area contributed by atoms with Gasteiger partial charge in [-0.05, 0) is 5.54 Å². The Hall–Kier alpha value is 0.507. The Labute approximate surface area is 109 Å². The smallest absolute Gasteiger partial charge is 0.153 e. The molecule has 0 aliphatic rings. The molecule has 98 valence electrons. The average molecular weight is 263 g/mol. The highest BCUT2D eigenvalue weighted by Crippen LogP contribution is 2.30. The van der Waals surface area contributed by atoms with Crippen LogP contribution in [0.1, 0.15) is 71.6 Å². The third-order valence-electron chi connectivity index (χ3n) is 3.66. The summed E-state index contributed by atoms with van der Waals surface area (Å²) in [7, 11) is -1.37. The van der Waals surface area contributed by atoms with E-state index in [1.54, 1.807) is 0 Å². The summed E-state index contributed by atoms with van der Waals surface area (Å²) in [5, 5.41) is 0. The van der Waals surface area contributed by atoms with Crippen molar-refractivity contribution < 1.29 is 0 Å². The van der Waals surface area contributed by atoms with E-state index in [4.69, 9.17) is 11.1 Å². The molecule has 0 N–H and O–H groups in total. The van der Waals surface area contributed by atoms with E-state index in [9.17, 15) is 0 Å². The first-order valence-electron chi connectivity index (χ1n) is 7.17. The quantitative estimate of drug-likeness (QED) is 0.244. The van der Waals surface area contributed by atoms with E-state index in [-0.39, 0.29) is 0 Å². The summed E-state index contributed by atoms with van der Waals surface area (Å²) < 4.78 is 0. The van der Waals surface area contributed by atoms with Gasteiger partial charge in [0.1, 0.15) is 0 Å². The summed E-state index contributed by atoms with van der Waals surface area (Å²) in [6.45, 7) is 9.15. The highest BCUT2D eigenvalue weighted by Gasteiger charge is 2.24. The van der Waals surface area contributed by atoms with Crippen LogP contribution in [0.2, 0.25) is 18.6 Å². The fourth-order valence-electron chi connectivity index (χ4n) is 1.93. The molecule has 0 aromatic heterocycles. The maximum Gasteiger partial charge on any atom is 0.153 e. The van der Waals surface area contributed by atoms with E-state index >= 15 is 0 Å². The summed E-state index contributed by atoms with van der Waals surface area (Å²) >= 11 is 6.42. The molecule has 0 nitrogen and oxygen atoms in total. The van der Waals surface area contributed by atoms with E-state index in [1.807, 2.05) is 0 Å². The summed E-state index contributed by atoms with van der Waals surface area (Å²) in [5.41, 5.74) is 0.772. The largest absolute Gasteiger partial charge is 0.167 e. The minimum atomic E-state index is -1.37. The van der Waals surface area contributed by atoms with Gasteiger partial charge < -0.3 is 0 Å². The zero-order valence-corrected chi connectivity index (χ0v) is 13.6. The van der Waals surface area contributed by atoms with Crippen molar-refractivity contribution in [1.82, 2.24) is 0 Å². The van der Waals surface area contributed by atoms with Crippen molar-refractivity contribution >= 4 is 18.5 Å². The molecule has 2 heteroatoms. The molecule has 0 aliphatic heterocycles. The maximum absolute atomic E-state index is 6.42. The lowest BCUT2D eigenvalue weighted by molar-refractivity contribution is 0.560. The molecule has 0 fully saturated rings. The van der Waals surface area contributed by atoms with Crippen LogP contribution in [0.3, 0.4) is 0 Å². The SMILES string of the molecule is CCCCCCCCCCC(C)[Si](C)(C)Cl. The van der Waals surface area contributed by atoms with Crippen LogP contribution >= 0.6 is 11.1 Å². The number of rotatable bonds is 10. The Morgan fingerprint density at radius 1 is 0.875 bits per heavy atom. The second kappa shape index (κ2) is 9.53. The third-order valence-corrected chi connectivity index (χ3v) is 7.41. The fourth-order valence-corrected chi connectivity index (χ4v) is 3.15. The van der Waals surface area contributed by atoms with Crippen molar-refractivity contribution in [3.63, 3.8) is 0 Å². The van der Waals surface area contributed by atoms with Gasteiger partial charge in [-0.1, -0.05) is 84.7 Å². The lowest BCUT2D eigenvalue weighted by atomic mass is 10.1. The summed E-state index contributed by atoms with van der Waals surface area (Å²) in [6.07, 6.45) is 12.7. The van der Waals surface area contributed by atoms with E-state index in [0.717, 1.165) is 5.54 Å². The second-order valence-electron chi connectivity index (χ2n) is 5.73. The highest BCUT2D eigenvalue weighted by molar-refractivity contribution is 7.19. The molecule has 0 rings (SSSR count). The van der Waals surface area contributed by atoms with Crippen LogP contribution in [0.4, 0.5) is 0 Å². The normalized spacial score (nSPS) is 14.1. The van der Waals surface area contributed by atoms with Crippen LogP contribution in [-0.4, -0.2) is 7.38 Å². The third kappa shape index (κ3) is 9.71. The van der Waals surface area contributed by atoms with Crippen LogP contribution in [0.15, 0.2) is 0 Å². The van der Waals surface area contributed by atoms with Crippen molar-refractivity contribution in [1.29, 1.82) is 0 Å². The number of hydrogen-bond acceptors (Lipinski definition) is 0. The van der Waals surface area contributed by atoms with Crippen LogP contribution in [0.25, 0.3) is 0 Å². The van der Waals surface area contributed by atoms with Gasteiger partial charge in [0.25, 0.3) is 0 Å². The lowest BCUT2D eigenvalue weighted by Crippen LogP contribution is -2.22. The predicted molar refractivity (Wildman–Crippen MR) is 80.0 cm³/mol. The molecule has 0 saturated heterocycles. The standard InChI is InChI=1S/C14H31ClSi/c1-5-6-7-8-9-10-11-12-13-14(2)16(3,4)15/h14H,5-13H2,1-4H3. The van der Waals surface area contributed by atoms with Crippen LogP contribution in [-0.2, 0) is 0 Å². The van der Waals surface area contributed by atoms with E-state index < -0.39 is 7.38 Å². The van der Waals surface area contributed by atoms with E-state index in [1.165, 1.54) is 57.8 Å². The first-order valence-corrected chi connectivity index (χ1v) is 11.3. The van der Waals surface area contributed by atoms with Gasteiger partial charge in [-0.2, -0.15) is 11.1 Å². The Morgan fingerprint density at radius 3 is 1.75 bits per heavy atom. The van der Waals surface area contributed by atoms with Gasteiger partial charge in [-0.15, -0.1) is 0 Å². The molecule has 0 amide bonds. The summed E-state index contributed by atoms with van der Waals surface area (Å²) in [6, 6.07) is 0. The number of halogens is 1. The first kappa shape index (κ1) is 16.5. The van der Waals surface area contributed by atoms with E-state index in [2.05, 4.69) is 26.9 Å². The molecular formula is C14H31ClSi. The van der Waals surface area contributed by atoms with Gasteiger partial charge in [0.15, 0.2) is 7.38 Å². The molecule has 1 atom stereocenters. The zero-order chi connectivity index (χ0) is 12.4.